The normalized spacial score (nSPS) is 31.4. The first-order valence-electron chi connectivity index (χ1n) is 5.51. The lowest BCUT2D eigenvalue weighted by molar-refractivity contribution is -0.156. The number of amides is 1. The second-order valence-electron chi connectivity index (χ2n) is 4.26. The van der Waals surface area contributed by atoms with Crippen molar-refractivity contribution >= 4 is 11.9 Å². The number of rotatable bonds is 3. The molecule has 0 bridgehead atoms. The molecule has 6 heteroatoms. The van der Waals surface area contributed by atoms with Crippen molar-refractivity contribution in [1.29, 1.82) is 0 Å². The van der Waals surface area contributed by atoms with Crippen LogP contribution in [-0.4, -0.2) is 60.3 Å². The van der Waals surface area contributed by atoms with E-state index in [9.17, 15) is 9.59 Å². The Labute approximate surface area is 93.6 Å². The first kappa shape index (κ1) is 11.3. The zero-order valence-corrected chi connectivity index (χ0v) is 9.02. The number of nitrogens with one attached hydrogen (secondary N) is 1. The van der Waals surface area contributed by atoms with Gasteiger partial charge in [-0.1, -0.05) is 0 Å². The van der Waals surface area contributed by atoms with E-state index in [-0.39, 0.29) is 11.9 Å². The molecule has 0 spiro atoms. The van der Waals surface area contributed by atoms with Crippen LogP contribution >= 0.6 is 0 Å². The molecule has 2 rings (SSSR count). The van der Waals surface area contributed by atoms with Gasteiger partial charge >= 0.3 is 5.97 Å². The fourth-order valence-corrected chi connectivity index (χ4v) is 2.14. The highest BCUT2D eigenvalue weighted by Crippen LogP contribution is 2.11. The van der Waals surface area contributed by atoms with Crippen LogP contribution < -0.4 is 5.32 Å². The van der Waals surface area contributed by atoms with Crippen LogP contribution in [0.1, 0.15) is 12.8 Å². The first-order chi connectivity index (χ1) is 7.65. The largest absolute Gasteiger partial charge is 0.479 e. The van der Waals surface area contributed by atoms with E-state index >= 15 is 0 Å². The molecular weight excluding hydrogens is 212 g/mol. The van der Waals surface area contributed by atoms with Crippen LogP contribution in [0.2, 0.25) is 0 Å². The van der Waals surface area contributed by atoms with Crippen LogP contribution in [0, 0.1) is 0 Å². The molecule has 0 radical (unpaired) electrons. The lowest BCUT2D eigenvalue weighted by Gasteiger charge is -2.32. The number of morpholine rings is 1. The molecule has 2 unspecified atom stereocenters. The standard InChI is InChI=1S/C10H16N2O4/c13-9-2-1-7(11-9)5-12-3-4-16-8(6-12)10(14)15/h7-8H,1-6H2,(H,11,13)(H,14,15). The van der Waals surface area contributed by atoms with Crippen LogP contribution in [0.4, 0.5) is 0 Å². The topological polar surface area (TPSA) is 78.9 Å². The summed E-state index contributed by atoms with van der Waals surface area (Å²) in [6.07, 6.45) is 0.691. The third-order valence-corrected chi connectivity index (χ3v) is 2.99. The molecule has 2 heterocycles. The summed E-state index contributed by atoms with van der Waals surface area (Å²) in [6.45, 7) is 2.30. The Balaban J connectivity index is 1.81. The number of carbonyl (C=O) groups excluding carboxylic acids is 1. The monoisotopic (exact) mass is 228 g/mol. The molecule has 0 aromatic rings. The number of carbonyl (C=O) groups is 2. The highest BCUT2D eigenvalue weighted by atomic mass is 16.5. The van der Waals surface area contributed by atoms with Gasteiger partial charge in [0.1, 0.15) is 0 Å². The van der Waals surface area contributed by atoms with E-state index in [4.69, 9.17) is 9.84 Å². The lowest BCUT2D eigenvalue weighted by Crippen LogP contribution is -2.49. The van der Waals surface area contributed by atoms with Gasteiger partial charge in [0.15, 0.2) is 6.10 Å². The SMILES string of the molecule is O=C1CCC(CN2CCOC(C(=O)O)C2)N1. The second-order valence-corrected chi connectivity index (χ2v) is 4.26. The van der Waals surface area contributed by atoms with E-state index in [1.165, 1.54) is 0 Å². The van der Waals surface area contributed by atoms with Gasteiger partial charge in [-0.05, 0) is 6.42 Å². The van der Waals surface area contributed by atoms with Gasteiger partial charge in [0, 0.05) is 32.1 Å². The second kappa shape index (κ2) is 4.80. The van der Waals surface area contributed by atoms with E-state index in [2.05, 4.69) is 5.32 Å². The van der Waals surface area contributed by atoms with Crippen molar-refractivity contribution in [1.82, 2.24) is 10.2 Å². The van der Waals surface area contributed by atoms with Gasteiger partial charge in [-0.3, -0.25) is 9.69 Å². The highest BCUT2D eigenvalue weighted by Gasteiger charge is 2.29. The zero-order chi connectivity index (χ0) is 11.5. The van der Waals surface area contributed by atoms with Crippen molar-refractivity contribution in [2.45, 2.75) is 25.0 Å². The number of carboxylic acid groups (broad SMARTS) is 1. The maximum atomic E-state index is 11.0. The molecule has 2 saturated heterocycles. The Hall–Kier alpha value is -1.14. The third-order valence-electron chi connectivity index (χ3n) is 2.99. The van der Waals surface area contributed by atoms with E-state index in [0.29, 0.717) is 19.6 Å². The fraction of sp³-hybridized carbons (Fsp3) is 0.800. The predicted octanol–water partition coefficient (Wildman–Crippen LogP) is -0.950. The van der Waals surface area contributed by atoms with Crippen LogP contribution in [0.15, 0.2) is 0 Å². The molecule has 2 aliphatic heterocycles. The van der Waals surface area contributed by atoms with Crippen LogP contribution in [-0.2, 0) is 14.3 Å². The third kappa shape index (κ3) is 2.70. The predicted molar refractivity (Wildman–Crippen MR) is 55.0 cm³/mol. The van der Waals surface area contributed by atoms with Gasteiger partial charge in [0.25, 0.3) is 0 Å². The summed E-state index contributed by atoms with van der Waals surface area (Å²) in [5, 5.41) is 11.7. The Morgan fingerprint density at radius 1 is 1.62 bits per heavy atom. The van der Waals surface area contributed by atoms with Crippen molar-refractivity contribution in [2.24, 2.45) is 0 Å². The molecule has 2 N–H and O–H groups in total. The van der Waals surface area contributed by atoms with Crippen molar-refractivity contribution in [3.8, 4) is 0 Å². The average Bonchev–Trinajstić information content (AvgIpc) is 2.64. The molecule has 0 aromatic heterocycles. The summed E-state index contributed by atoms with van der Waals surface area (Å²) < 4.78 is 5.13. The quantitative estimate of drug-likeness (QED) is 0.651. The van der Waals surface area contributed by atoms with Crippen molar-refractivity contribution in [3.63, 3.8) is 0 Å². The summed E-state index contributed by atoms with van der Waals surface area (Å²) in [6, 6.07) is 0.167. The summed E-state index contributed by atoms with van der Waals surface area (Å²) in [5.41, 5.74) is 0. The van der Waals surface area contributed by atoms with E-state index in [0.717, 1.165) is 19.5 Å². The number of ether oxygens (including phenoxy) is 1. The molecule has 6 nitrogen and oxygen atoms in total. The highest BCUT2D eigenvalue weighted by molar-refractivity contribution is 5.78. The Kier molecular flexibility index (Phi) is 3.40. The van der Waals surface area contributed by atoms with Gasteiger partial charge in [0.05, 0.1) is 6.61 Å². The molecular formula is C10H16N2O4. The van der Waals surface area contributed by atoms with E-state index in [1.54, 1.807) is 0 Å². The molecule has 0 aliphatic carbocycles. The number of hydrogen-bond acceptors (Lipinski definition) is 4. The molecule has 16 heavy (non-hydrogen) atoms. The van der Waals surface area contributed by atoms with Gasteiger partial charge in [-0.15, -0.1) is 0 Å². The van der Waals surface area contributed by atoms with Crippen molar-refractivity contribution in [3.05, 3.63) is 0 Å². The molecule has 2 fully saturated rings. The molecule has 2 aliphatic rings. The first-order valence-corrected chi connectivity index (χ1v) is 5.51. The van der Waals surface area contributed by atoms with Gasteiger partial charge in [-0.2, -0.15) is 0 Å². The minimum Gasteiger partial charge on any atom is -0.479 e. The maximum Gasteiger partial charge on any atom is 0.334 e. The summed E-state index contributed by atoms with van der Waals surface area (Å²) in [7, 11) is 0. The van der Waals surface area contributed by atoms with E-state index < -0.39 is 12.1 Å². The molecule has 1 amide bonds. The number of aliphatic carboxylic acids is 1. The summed E-state index contributed by atoms with van der Waals surface area (Å²) in [5.74, 6) is -0.826. The minimum atomic E-state index is -0.917. The smallest absolute Gasteiger partial charge is 0.334 e. The van der Waals surface area contributed by atoms with E-state index in [1.807, 2.05) is 4.90 Å². The molecule has 0 aromatic carbocycles. The van der Waals surface area contributed by atoms with Gasteiger partial charge < -0.3 is 15.2 Å². The number of nitrogens with zero attached hydrogens (tertiary/aromatic N) is 1. The Morgan fingerprint density at radius 3 is 3.06 bits per heavy atom. The van der Waals surface area contributed by atoms with Gasteiger partial charge in [-0.25, -0.2) is 4.79 Å². The zero-order valence-electron chi connectivity index (χ0n) is 9.02. The summed E-state index contributed by atoms with van der Waals surface area (Å²) in [4.78, 5) is 23.8. The average molecular weight is 228 g/mol. The van der Waals surface area contributed by atoms with Crippen LogP contribution in [0.25, 0.3) is 0 Å². The van der Waals surface area contributed by atoms with Crippen molar-refractivity contribution in [2.75, 3.05) is 26.2 Å². The Morgan fingerprint density at radius 2 is 2.44 bits per heavy atom. The fourth-order valence-electron chi connectivity index (χ4n) is 2.14. The molecule has 2 atom stereocenters. The molecule has 90 valence electrons. The van der Waals surface area contributed by atoms with Crippen LogP contribution in [0.5, 0.6) is 0 Å². The Bertz CT molecular complexity index is 295. The minimum absolute atomic E-state index is 0.0908. The van der Waals surface area contributed by atoms with Crippen molar-refractivity contribution < 1.29 is 19.4 Å². The van der Waals surface area contributed by atoms with Gasteiger partial charge in [0.2, 0.25) is 5.91 Å². The summed E-state index contributed by atoms with van der Waals surface area (Å²) >= 11 is 0. The number of hydrogen-bond donors (Lipinski definition) is 2. The number of carboxylic acids is 1. The maximum absolute atomic E-state index is 11.0. The van der Waals surface area contributed by atoms with Crippen LogP contribution in [0.3, 0.4) is 0 Å². The molecule has 0 saturated carbocycles. The lowest BCUT2D eigenvalue weighted by atomic mass is 10.2.